The zero-order valence-corrected chi connectivity index (χ0v) is 14.9. The van der Waals surface area contributed by atoms with Crippen LogP contribution in [0.5, 0.6) is 0 Å². The van der Waals surface area contributed by atoms with E-state index in [4.69, 9.17) is 10.8 Å². The van der Waals surface area contributed by atoms with Crippen LogP contribution in [-0.4, -0.2) is 64.9 Å². The van der Waals surface area contributed by atoms with Crippen molar-refractivity contribution in [3.05, 3.63) is 0 Å². The molecule has 25 heavy (non-hydrogen) atoms. The zero-order valence-electron chi connectivity index (χ0n) is 14.9. The summed E-state index contributed by atoms with van der Waals surface area (Å²) in [6, 6.07) is -2.38. The number of hydrogen-bond acceptors (Lipinski definition) is 5. The number of likely N-dealkylation sites (tertiary alicyclic amines) is 1. The van der Waals surface area contributed by atoms with E-state index < -0.39 is 41.8 Å². The average molecular weight is 356 g/mol. The van der Waals surface area contributed by atoms with E-state index in [9.17, 15) is 19.2 Å². The maximum absolute atomic E-state index is 12.3. The van der Waals surface area contributed by atoms with Crippen LogP contribution in [0, 0.1) is 5.92 Å². The highest BCUT2D eigenvalue weighted by atomic mass is 16.4. The molecular weight excluding hydrogens is 328 g/mol. The summed E-state index contributed by atoms with van der Waals surface area (Å²) in [6.07, 6.45) is 1.44. The molecule has 1 heterocycles. The molecule has 1 saturated heterocycles. The van der Waals surface area contributed by atoms with E-state index in [0.717, 1.165) is 0 Å². The van der Waals surface area contributed by atoms with Gasteiger partial charge in [-0.1, -0.05) is 13.8 Å². The van der Waals surface area contributed by atoms with Gasteiger partial charge in [-0.05, 0) is 32.1 Å². The molecular formula is C16H28N4O5. The van der Waals surface area contributed by atoms with Crippen LogP contribution in [0.4, 0.5) is 0 Å². The number of nitrogens with two attached hydrogens (primary N) is 1. The van der Waals surface area contributed by atoms with Gasteiger partial charge in [0.05, 0.1) is 12.6 Å². The van der Waals surface area contributed by atoms with Crippen molar-refractivity contribution >= 4 is 23.7 Å². The van der Waals surface area contributed by atoms with E-state index in [2.05, 4.69) is 10.6 Å². The third-order valence-electron chi connectivity index (χ3n) is 4.03. The molecule has 1 rings (SSSR count). The maximum Gasteiger partial charge on any atom is 0.326 e. The first-order valence-electron chi connectivity index (χ1n) is 8.49. The van der Waals surface area contributed by atoms with Crippen molar-refractivity contribution in [2.75, 3.05) is 13.1 Å². The number of hydrogen-bond donors (Lipinski definition) is 4. The Labute approximate surface area is 147 Å². The minimum atomic E-state index is -1.04. The molecule has 3 atom stereocenters. The van der Waals surface area contributed by atoms with Gasteiger partial charge in [0.2, 0.25) is 17.7 Å². The second kappa shape index (κ2) is 9.36. The van der Waals surface area contributed by atoms with Crippen LogP contribution >= 0.6 is 0 Å². The average Bonchev–Trinajstić information content (AvgIpc) is 3.00. The third-order valence-corrected chi connectivity index (χ3v) is 4.03. The van der Waals surface area contributed by atoms with E-state index >= 15 is 0 Å². The number of nitrogens with one attached hydrogen (secondary N) is 2. The first-order chi connectivity index (χ1) is 11.6. The minimum absolute atomic E-state index is 0.148. The van der Waals surface area contributed by atoms with Crippen LogP contribution in [0.15, 0.2) is 0 Å². The number of carbonyl (C=O) groups excluding carboxylic acids is 3. The molecule has 0 radical (unpaired) electrons. The first-order valence-corrected chi connectivity index (χ1v) is 8.49. The lowest BCUT2D eigenvalue weighted by molar-refractivity contribution is -0.148. The highest BCUT2D eigenvalue weighted by Crippen LogP contribution is 2.17. The van der Waals surface area contributed by atoms with Crippen LogP contribution in [0.25, 0.3) is 0 Å². The van der Waals surface area contributed by atoms with Crippen LogP contribution in [-0.2, 0) is 19.2 Å². The van der Waals surface area contributed by atoms with Gasteiger partial charge in [-0.15, -0.1) is 0 Å². The molecule has 0 bridgehead atoms. The van der Waals surface area contributed by atoms with Gasteiger partial charge in [0.25, 0.3) is 0 Å². The number of nitrogens with zero attached hydrogens (tertiary/aromatic N) is 1. The summed E-state index contributed by atoms with van der Waals surface area (Å²) in [5, 5.41) is 14.2. The molecule has 142 valence electrons. The second-order valence-corrected chi connectivity index (χ2v) is 6.78. The Morgan fingerprint density at radius 1 is 1.20 bits per heavy atom. The first kappa shape index (κ1) is 20.9. The number of aliphatic carboxylic acids is 1. The van der Waals surface area contributed by atoms with Gasteiger partial charge in [-0.2, -0.15) is 0 Å². The Morgan fingerprint density at radius 3 is 2.36 bits per heavy atom. The van der Waals surface area contributed by atoms with Crippen molar-refractivity contribution in [1.82, 2.24) is 15.5 Å². The summed E-state index contributed by atoms with van der Waals surface area (Å²) in [5.41, 5.74) is 5.50. The molecule has 0 saturated carbocycles. The van der Waals surface area contributed by atoms with E-state index in [1.54, 1.807) is 0 Å². The van der Waals surface area contributed by atoms with Crippen molar-refractivity contribution in [2.45, 2.75) is 58.2 Å². The predicted molar refractivity (Wildman–Crippen MR) is 90.4 cm³/mol. The Kier molecular flexibility index (Phi) is 7.82. The summed E-state index contributed by atoms with van der Waals surface area (Å²) >= 11 is 0. The number of carboxylic acids is 1. The Morgan fingerprint density at radius 2 is 1.84 bits per heavy atom. The third kappa shape index (κ3) is 6.33. The summed E-state index contributed by atoms with van der Waals surface area (Å²) in [5.74, 6) is -2.27. The Bertz CT molecular complexity index is 521. The van der Waals surface area contributed by atoms with Gasteiger partial charge in [-0.25, -0.2) is 4.79 Å². The lowest BCUT2D eigenvalue weighted by atomic mass is 10.0. The summed E-state index contributed by atoms with van der Waals surface area (Å²) in [7, 11) is 0. The van der Waals surface area contributed by atoms with Crippen molar-refractivity contribution in [1.29, 1.82) is 0 Å². The molecule has 3 amide bonds. The largest absolute Gasteiger partial charge is 0.480 e. The van der Waals surface area contributed by atoms with Gasteiger partial charge in [0.1, 0.15) is 12.1 Å². The Balaban J connectivity index is 2.62. The minimum Gasteiger partial charge on any atom is -0.480 e. The van der Waals surface area contributed by atoms with E-state index in [-0.39, 0.29) is 12.5 Å². The zero-order chi connectivity index (χ0) is 19.1. The van der Waals surface area contributed by atoms with Crippen LogP contribution < -0.4 is 16.4 Å². The lowest BCUT2D eigenvalue weighted by Crippen LogP contribution is -2.53. The van der Waals surface area contributed by atoms with E-state index in [1.807, 2.05) is 13.8 Å². The fourth-order valence-corrected chi connectivity index (χ4v) is 2.72. The molecule has 0 aromatic heterocycles. The van der Waals surface area contributed by atoms with E-state index in [0.29, 0.717) is 25.8 Å². The van der Waals surface area contributed by atoms with Crippen molar-refractivity contribution in [3.8, 4) is 0 Å². The quantitative estimate of drug-likeness (QED) is 0.442. The van der Waals surface area contributed by atoms with Crippen LogP contribution in [0.2, 0.25) is 0 Å². The van der Waals surface area contributed by atoms with Gasteiger partial charge < -0.3 is 26.4 Å². The summed E-state index contributed by atoms with van der Waals surface area (Å²) in [4.78, 5) is 48.6. The fourth-order valence-electron chi connectivity index (χ4n) is 2.72. The molecule has 1 aliphatic heterocycles. The standard InChI is InChI=1S/C16H28N4O5/c1-9(2)7-11(19-14(22)10(3)17)15(23)18-8-13(21)20-6-4-5-12(20)16(24)25/h9-12H,4-8,17H2,1-3H3,(H,18,23)(H,19,22)(H,24,25)/t10-,11-,12-/m0/s1. The van der Waals surface area contributed by atoms with Crippen LogP contribution in [0.1, 0.15) is 40.0 Å². The van der Waals surface area contributed by atoms with Gasteiger partial charge in [0.15, 0.2) is 0 Å². The monoisotopic (exact) mass is 356 g/mol. The molecule has 0 aromatic rings. The maximum atomic E-state index is 12.3. The highest BCUT2D eigenvalue weighted by molar-refractivity contribution is 5.92. The Hall–Kier alpha value is -2.16. The number of carboxylic acid groups (broad SMARTS) is 1. The number of carbonyl (C=O) groups is 4. The molecule has 0 aromatic carbocycles. The normalized spacial score (nSPS) is 19.4. The SMILES string of the molecule is CC(C)C[C@H](NC(=O)[C@H](C)N)C(=O)NCC(=O)N1CCC[C@H]1C(=O)O. The molecule has 0 spiro atoms. The fraction of sp³-hybridized carbons (Fsp3) is 0.750. The van der Waals surface area contributed by atoms with Crippen molar-refractivity contribution in [3.63, 3.8) is 0 Å². The highest BCUT2D eigenvalue weighted by Gasteiger charge is 2.34. The molecule has 0 aliphatic carbocycles. The van der Waals surface area contributed by atoms with Gasteiger partial charge in [-0.3, -0.25) is 14.4 Å². The van der Waals surface area contributed by atoms with Crippen LogP contribution in [0.3, 0.4) is 0 Å². The smallest absolute Gasteiger partial charge is 0.326 e. The van der Waals surface area contributed by atoms with Gasteiger partial charge >= 0.3 is 5.97 Å². The molecule has 9 heteroatoms. The molecule has 1 aliphatic rings. The topological polar surface area (TPSA) is 142 Å². The summed E-state index contributed by atoms with van der Waals surface area (Å²) in [6.45, 7) is 5.40. The van der Waals surface area contributed by atoms with E-state index in [1.165, 1.54) is 11.8 Å². The number of amides is 3. The molecule has 9 nitrogen and oxygen atoms in total. The molecule has 0 unspecified atom stereocenters. The molecule has 5 N–H and O–H groups in total. The predicted octanol–water partition coefficient (Wildman–Crippen LogP) is -0.944. The lowest BCUT2D eigenvalue weighted by Gasteiger charge is -2.24. The second-order valence-electron chi connectivity index (χ2n) is 6.78. The van der Waals surface area contributed by atoms with Crippen molar-refractivity contribution < 1.29 is 24.3 Å². The van der Waals surface area contributed by atoms with Gasteiger partial charge in [0, 0.05) is 6.54 Å². The molecule has 1 fully saturated rings. The van der Waals surface area contributed by atoms with Crippen molar-refractivity contribution in [2.24, 2.45) is 11.7 Å². The summed E-state index contributed by atoms with van der Waals surface area (Å²) < 4.78 is 0. The number of rotatable bonds is 8.